The van der Waals surface area contributed by atoms with E-state index in [1.54, 1.807) is 12.1 Å². The Morgan fingerprint density at radius 2 is 2.24 bits per heavy atom. The molecular weight excluding hydrogens is 289 g/mol. The molecule has 0 aliphatic rings. The second kappa shape index (κ2) is 6.44. The van der Waals surface area contributed by atoms with Crippen molar-refractivity contribution in [2.24, 2.45) is 5.73 Å². The minimum atomic E-state index is -1.33. The predicted octanol–water partition coefficient (Wildman–Crippen LogP) is 2.16. The second-order valence-electron chi connectivity index (χ2n) is 3.98. The van der Waals surface area contributed by atoms with Gasteiger partial charge in [-0.25, -0.2) is 4.39 Å². The van der Waals surface area contributed by atoms with E-state index >= 15 is 0 Å². The fourth-order valence-electron chi connectivity index (χ4n) is 1.77. The highest BCUT2D eigenvalue weighted by atomic mass is 79.9. The maximum absolute atomic E-state index is 13.7. The molecule has 0 aromatic heterocycles. The first-order chi connectivity index (χ1) is 8.03. The zero-order valence-electron chi connectivity index (χ0n) is 9.75. The number of ether oxygens (including phenoxy) is 1. The van der Waals surface area contributed by atoms with E-state index in [0.29, 0.717) is 19.4 Å². The van der Waals surface area contributed by atoms with Crippen LogP contribution in [0.2, 0.25) is 0 Å². The molecule has 5 heteroatoms. The molecule has 0 amide bonds. The topological polar surface area (TPSA) is 55.5 Å². The number of aliphatic hydroxyl groups is 1. The van der Waals surface area contributed by atoms with Gasteiger partial charge in [-0.05, 0) is 37.6 Å². The third-order valence-electron chi connectivity index (χ3n) is 2.61. The Labute approximate surface area is 109 Å². The zero-order valence-corrected chi connectivity index (χ0v) is 11.3. The summed E-state index contributed by atoms with van der Waals surface area (Å²) in [7, 11) is 1.48. The number of rotatable bonds is 6. The smallest absolute Gasteiger partial charge is 0.129 e. The van der Waals surface area contributed by atoms with Crippen LogP contribution in [0.1, 0.15) is 18.4 Å². The van der Waals surface area contributed by atoms with Gasteiger partial charge in [0.15, 0.2) is 0 Å². The lowest BCUT2D eigenvalue weighted by atomic mass is 9.89. The number of methoxy groups -OCH3 is 1. The fourth-order valence-corrected chi connectivity index (χ4v) is 2.13. The molecule has 0 saturated carbocycles. The molecule has 0 spiro atoms. The predicted molar refractivity (Wildman–Crippen MR) is 68.2 cm³/mol. The number of hydrogen-bond acceptors (Lipinski definition) is 3. The third-order valence-corrected chi connectivity index (χ3v) is 3.10. The Balaban J connectivity index is 3.07. The Kier molecular flexibility index (Phi) is 5.52. The van der Waals surface area contributed by atoms with Gasteiger partial charge in [0.05, 0.1) is 6.61 Å². The number of hydrogen-bond donors (Lipinski definition) is 2. The molecule has 1 rings (SSSR count). The molecule has 96 valence electrons. The van der Waals surface area contributed by atoms with Gasteiger partial charge in [0.25, 0.3) is 0 Å². The van der Waals surface area contributed by atoms with Crippen LogP contribution in [0.3, 0.4) is 0 Å². The van der Waals surface area contributed by atoms with E-state index in [-0.39, 0.29) is 12.2 Å². The molecule has 0 radical (unpaired) electrons. The van der Waals surface area contributed by atoms with Gasteiger partial charge in [0.1, 0.15) is 11.4 Å². The van der Waals surface area contributed by atoms with Crippen LogP contribution in [0.5, 0.6) is 0 Å². The van der Waals surface area contributed by atoms with Crippen molar-refractivity contribution in [3.05, 3.63) is 34.1 Å². The number of nitrogens with two attached hydrogens (primary N) is 1. The first-order valence-corrected chi connectivity index (χ1v) is 6.19. The van der Waals surface area contributed by atoms with Crippen molar-refractivity contribution in [3.8, 4) is 0 Å². The van der Waals surface area contributed by atoms with Gasteiger partial charge < -0.3 is 15.6 Å². The molecule has 1 atom stereocenters. The molecule has 3 nitrogen and oxygen atoms in total. The Morgan fingerprint density at radius 1 is 1.53 bits per heavy atom. The standard InChI is InChI=1S/C12H17BrFNO2/c1-17-8-12(16,5-2-6-15)10-7-9(13)3-4-11(10)14/h3-4,7,16H,2,5-6,8,15H2,1H3. The van der Waals surface area contributed by atoms with Gasteiger partial charge >= 0.3 is 0 Å². The van der Waals surface area contributed by atoms with Crippen LogP contribution < -0.4 is 5.73 Å². The third kappa shape index (κ3) is 3.74. The minimum absolute atomic E-state index is 0.0420. The van der Waals surface area contributed by atoms with E-state index in [0.717, 1.165) is 4.47 Å². The van der Waals surface area contributed by atoms with E-state index in [1.165, 1.54) is 13.2 Å². The largest absolute Gasteiger partial charge is 0.383 e. The fraction of sp³-hybridized carbons (Fsp3) is 0.500. The van der Waals surface area contributed by atoms with Crippen LogP contribution >= 0.6 is 15.9 Å². The molecule has 0 heterocycles. The number of halogens is 2. The Bertz CT molecular complexity index is 376. The minimum Gasteiger partial charge on any atom is -0.383 e. The summed E-state index contributed by atoms with van der Waals surface area (Å²) in [5.41, 5.74) is 4.33. The highest BCUT2D eigenvalue weighted by Gasteiger charge is 2.31. The molecule has 0 aliphatic heterocycles. The van der Waals surface area contributed by atoms with E-state index in [1.807, 2.05) is 0 Å². The summed E-state index contributed by atoms with van der Waals surface area (Å²) in [5.74, 6) is -0.440. The van der Waals surface area contributed by atoms with Gasteiger partial charge in [-0.1, -0.05) is 15.9 Å². The zero-order chi connectivity index (χ0) is 12.9. The summed E-state index contributed by atoms with van der Waals surface area (Å²) >= 11 is 3.26. The lowest BCUT2D eigenvalue weighted by Gasteiger charge is -2.28. The van der Waals surface area contributed by atoms with Crippen LogP contribution in [-0.4, -0.2) is 25.4 Å². The van der Waals surface area contributed by atoms with Gasteiger partial charge in [-0.3, -0.25) is 0 Å². The molecule has 0 aliphatic carbocycles. The van der Waals surface area contributed by atoms with Crippen LogP contribution in [0.25, 0.3) is 0 Å². The average molecular weight is 306 g/mol. The van der Waals surface area contributed by atoms with E-state index in [4.69, 9.17) is 10.5 Å². The molecule has 1 aromatic carbocycles. The molecular formula is C12H17BrFNO2. The lowest BCUT2D eigenvalue weighted by Crippen LogP contribution is -2.33. The SMILES string of the molecule is COCC(O)(CCCN)c1cc(Br)ccc1F. The highest BCUT2D eigenvalue weighted by molar-refractivity contribution is 9.10. The molecule has 0 saturated heterocycles. The van der Waals surface area contributed by atoms with Crippen LogP contribution in [-0.2, 0) is 10.3 Å². The summed E-state index contributed by atoms with van der Waals surface area (Å²) in [6.45, 7) is 0.488. The summed E-state index contributed by atoms with van der Waals surface area (Å²) < 4.78 is 19.4. The summed E-state index contributed by atoms with van der Waals surface area (Å²) in [4.78, 5) is 0. The van der Waals surface area contributed by atoms with Crippen molar-refractivity contribution < 1.29 is 14.2 Å². The number of benzene rings is 1. The quantitative estimate of drug-likeness (QED) is 0.847. The summed E-state index contributed by atoms with van der Waals surface area (Å²) in [6, 6.07) is 4.49. The maximum Gasteiger partial charge on any atom is 0.129 e. The summed E-state index contributed by atoms with van der Waals surface area (Å²) in [5, 5.41) is 10.5. The second-order valence-corrected chi connectivity index (χ2v) is 4.90. The molecule has 1 aromatic rings. The molecule has 0 bridgehead atoms. The van der Waals surface area contributed by atoms with Crippen molar-refractivity contribution >= 4 is 15.9 Å². The first-order valence-electron chi connectivity index (χ1n) is 5.40. The van der Waals surface area contributed by atoms with Gasteiger partial charge in [-0.15, -0.1) is 0 Å². The Morgan fingerprint density at radius 3 is 2.82 bits per heavy atom. The lowest BCUT2D eigenvalue weighted by molar-refractivity contribution is -0.0453. The average Bonchev–Trinajstić information content (AvgIpc) is 2.30. The van der Waals surface area contributed by atoms with Crippen molar-refractivity contribution in [2.75, 3.05) is 20.3 Å². The van der Waals surface area contributed by atoms with Crippen LogP contribution in [0.4, 0.5) is 4.39 Å². The van der Waals surface area contributed by atoms with Gasteiger partial charge in [0, 0.05) is 17.1 Å². The maximum atomic E-state index is 13.7. The van der Waals surface area contributed by atoms with E-state index < -0.39 is 11.4 Å². The molecule has 3 N–H and O–H groups in total. The molecule has 0 fully saturated rings. The normalized spacial score (nSPS) is 14.6. The van der Waals surface area contributed by atoms with E-state index in [2.05, 4.69) is 15.9 Å². The first kappa shape index (κ1) is 14.6. The van der Waals surface area contributed by atoms with Crippen molar-refractivity contribution in [1.82, 2.24) is 0 Å². The monoisotopic (exact) mass is 305 g/mol. The van der Waals surface area contributed by atoms with Crippen molar-refractivity contribution in [3.63, 3.8) is 0 Å². The van der Waals surface area contributed by atoms with Crippen LogP contribution in [0, 0.1) is 5.82 Å². The summed E-state index contributed by atoms with van der Waals surface area (Å²) in [6.07, 6.45) is 0.969. The molecule has 17 heavy (non-hydrogen) atoms. The van der Waals surface area contributed by atoms with Gasteiger partial charge in [-0.2, -0.15) is 0 Å². The van der Waals surface area contributed by atoms with Gasteiger partial charge in [0.2, 0.25) is 0 Å². The molecule has 1 unspecified atom stereocenters. The van der Waals surface area contributed by atoms with Crippen molar-refractivity contribution in [2.45, 2.75) is 18.4 Å². The van der Waals surface area contributed by atoms with Crippen LogP contribution in [0.15, 0.2) is 22.7 Å². The highest BCUT2D eigenvalue weighted by Crippen LogP contribution is 2.31. The Hall–Kier alpha value is -0.490. The van der Waals surface area contributed by atoms with Crippen molar-refractivity contribution in [1.29, 1.82) is 0 Å². The van der Waals surface area contributed by atoms with E-state index in [9.17, 15) is 9.50 Å².